The van der Waals surface area contributed by atoms with Crippen molar-refractivity contribution >= 4 is 17.6 Å². The second-order valence-corrected chi connectivity index (χ2v) is 4.36. The van der Waals surface area contributed by atoms with Gasteiger partial charge in [0.25, 0.3) is 0 Å². The van der Waals surface area contributed by atoms with Crippen LogP contribution in [0.3, 0.4) is 0 Å². The zero-order chi connectivity index (χ0) is 12.6. The van der Waals surface area contributed by atoms with Gasteiger partial charge in [-0.3, -0.25) is 0 Å². The van der Waals surface area contributed by atoms with Crippen LogP contribution in [0.25, 0.3) is 5.69 Å². The molecule has 1 heterocycles. The Labute approximate surface area is 104 Å². The number of nitrogens with zero attached hydrogens (tertiary/aromatic N) is 1. The van der Waals surface area contributed by atoms with Gasteiger partial charge in [0.15, 0.2) is 0 Å². The van der Waals surface area contributed by atoms with Crippen molar-refractivity contribution in [3.05, 3.63) is 52.3 Å². The molecule has 1 aromatic carbocycles. The number of benzene rings is 1. The summed E-state index contributed by atoms with van der Waals surface area (Å²) < 4.78 is 1.84. The summed E-state index contributed by atoms with van der Waals surface area (Å²) in [5, 5.41) is 9.65. The van der Waals surface area contributed by atoms with E-state index in [1.54, 1.807) is 19.2 Å². The zero-order valence-electron chi connectivity index (χ0n) is 9.57. The van der Waals surface area contributed by atoms with Crippen LogP contribution in [0.15, 0.2) is 30.5 Å². The van der Waals surface area contributed by atoms with Crippen molar-refractivity contribution in [3.63, 3.8) is 0 Å². The van der Waals surface area contributed by atoms with Crippen LogP contribution in [0.1, 0.15) is 21.6 Å². The van der Waals surface area contributed by atoms with E-state index in [-0.39, 0.29) is 0 Å². The van der Waals surface area contributed by atoms with Gasteiger partial charge in [0.1, 0.15) is 0 Å². The molecule has 0 amide bonds. The predicted octanol–water partition coefficient (Wildman–Crippen LogP) is 3.45. The van der Waals surface area contributed by atoms with Gasteiger partial charge in [-0.15, -0.1) is 0 Å². The van der Waals surface area contributed by atoms with Crippen LogP contribution >= 0.6 is 11.6 Å². The van der Waals surface area contributed by atoms with E-state index >= 15 is 0 Å². The van der Waals surface area contributed by atoms with E-state index in [4.69, 9.17) is 16.7 Å². The lowest BCUT2D eigenvalue weighted by atomic mass is 10.2. The molecule has 1 aromatic heterocycles. The van der Waals surface area contributed by atoms with Gasteiger partial charge < -0.3 is 9.67 Å². The summed E-state index contributed by atoms with van der Waals surface area (Å²) in [4.78, 5) is 11.0. The molecule has 0 unspecified atom stereocenters. The summed E-state index contributed by atoms with van der Waals surface area (Å²) in [6, 6.07) is 7.16. The van der Waals surface area contributed by atoms with Gasteiger partial charge in [0, 0.05) is 22.6 Å². The summed E-state index contributed by atoms with van der Waals surface area (Å²) in [5.74, 6) is -0.916. The molecule has 0 fully saturated rings. The molecule has 0 spiro atoms. The Morgan fingerprint density at radius 3 is 2.59 bits per heavy atom. The molecule has 2 aromatic rings. The van der Waals surface area contributed by atoms with Crippen LogP contribution in [0.4, 0.5) is 0 Å². The molecule has 0 aliphatic rings. The van der Waals surface area contributed by atoms with Crippen molar-refractivity contribution < 1.29 is 9.90 Å². The van der Waals surface area contributed by atoms with Crippen molar-refractivity contribution in [3.8, 4) is 5.69 Å². The number of halogens is 1. The van der Waals surface area contributed by atoms with Gasteiger partial charge in [-0.2, -0.15) is 0 Å². The Kier molecular flexibility index (Phi) is 2.94. The summed E-state index contributed by atoms with van der Waals surface area (Å²) in [6.07, 6.45) is 1.75. The number of rotatable bonds is 2. The van der Waals surface area contributed by atoms with E-state index in [9.17, 15) is 4.79 Å². The van der Waals surface area contributed by atoms with Gasteiger partial charge in [0.2, 0.25) is 0 Å². The second kappa shape index (κ2) is 4.26. The third kappa shape index (κ3) is 2.06. The molecular weight excluding hydrogens is 238 g/mol. The van der Waals surface area contributed by atoms with E-state index in [0.29, 0.717) is 16.3 Å². The number of carbonyl (C=O) groups is 1. The molecule has 0 radical (unpaired) electrons. The van der Waals surface area contributed by atoms with Gasteiger partial charge in [0.05, 0.1) is 5.56 Å². The number of hydrogen-bond donors (Lipinski definition) is 1. The standard InChI is InChI=1S/C13H12ClNO2/c1-8-3-4-10(14)7-12(8)15-6-5-11(9(15)2)13(16)17/h3-7H,1-2H3,(H,16,17). The van der Waals surface area contributed by atoms with Gasteiger partial charge in [-0.05, 0) is 37.6 Å². The fourth-order valence-electron chi connectivity index (χ4n) is 1.84. The van der Waals surface area contributed by atoms with E-state index in [2.05, 4.69) is 0 Å². The van der Waals surface area contributed by atoms with Crippen LogP contribution in [-0.4, -0.2) is 15.6 Å². The Morgan fingerprint density at radius 1 is 1.29 bits per heavy atom. The summed E-state index contributed by atoms with van der Waals surface area (Å²) in [5.41, 5.74) is 2.96. The van der Waals surface area contributed by atoms with Crippen molar-refractivity contribution in [2.24, 2.45) is 0 Å². The molecule has 0 aliphatic heterocycles. The van der Waals surface area contributed by atoms with E-state index in [1.165, 1.54) is 0 Å². The van der Waals surface area contributed by atoms with Gasteiger partial charge in [-0.25, -0.2) is 4.79 Å². The number of aromatic carboxylic acids is 1. The topological polar surface area (TPSA) is 42.2 Å². The number of hydrogen-bond acceptors (Lipinski definition) is 1. The number of carboxylic acid groups (broad SMARTS) is 1. The number of aryl methyl sites for hydroxylation is 1. The third-order valence-corrected chi connectivity index (χ3v) is 3.04. The molecule has 0 saturated carbocycles. The van der Waals surface area contributed by atoms with Gasteiger partial charge >= 0.3 is 5.97 Å². The average Bonchev–Trinajstić information content (AvgIpc) is 2.64. The van der Waals surface area contributed by atoms with Gasteiger partial charge in [-0.1, -0.05) is 17.7 Å². The second-order valence-electron chi connectivity index (χ2n) is 3.92. The van der Waals surface area contributed by atoms with Crippen LogP contribution in [0, 0.1) is 13.8 Å². The summed E-state index contributed by atoms with van der Waals surface area (Å²) >= 11 is 5.96. The fourth-order valence-corrected chi connectivity index (χ4v) is 2.01. The Hall–Kier alpha value is -1.74. The predicted molar refractivity (Wildman–Crippen MR) is 67.2 cm³/mol. The first-order chi connectivity index (χ1) is 8.00. The molecule has 0 saturated heterocycles. The molecule has 88 valence electrons. The normalized spacial score (nSPS) is 10.5. The van der Waals surface area contributed by atoms with Crippen molar-refractivity contribution in [2.45, 2.75) is 13.8 Å². The first-order valence-corrected chi connectivity index (χ1v) is 5.56. The van der Waals surface area contributed by atoms with Crippen LogP contribution in [0.5, 0.6) is 0 Å². The first kappa shape index (κ1) is 11.7. The van der Waals surface area contributed by atoms with Crippen molar-refractivity contribution in [2.75, 3.05) is 0 Å². The highest BCUT2D eigenvalue weighted by Gasteiger charge is 2.13. The van der Waals surface area contributed by atoms with Crippen LogP contribution in [0.2, 0.25) is 5.02 Å². The minimum absolute atomic E-state index is 0.310. The Morgan fingerprint density at radius 2 is 2.00 bits per heavy atom. The quantitative estimate of drug-likeness (QED) is 0.886. The molecule has 17 heavy (non-hydrogen) atoms. The largest absolute Gasteiger partial charge is 0.478 e. The highest BCUT2D eigenvalue weighted by atomic mass is 35.5. The molecule has 0 bridgehead atoms. The lowest BCUT2D eigenvalue weighted by Crippen LogP contribution is -2.02. The molecule has 3 nitrogen and oxygen atoms in total. The zero-order valence-corrected chi connectivity index (χ0v) is 10.3. The monoisotopic (exact) mass is 249 g/mol. The minimum Gasteiger partial charge on any atom is -0.478 e. The maximum Gasteiger partial charge on any atom is 0.337 e. The fraction of sp³-hybridized carbons (Fsp3) is 0.154. The molecule has 0 atom stereocenters. The third-order valence-electron chi connectivity index (χ3n) is 2.80. The number of aromatic nitrogens is 1. The average molecular weight is 250 g/mol. The number of carboxylic acids is 1. The summed E-state index contributed by atoms with van der Waals surface area (Å²) in [7, 11) is 0. The van der Waals surface area contributed by atoms with Crippen LogP contribution in [-0.2, 0) is 0 Å². The smallest absolute Gasteiger partial charge is 0.337 e. The van der Waals surface area contributed by atoms with Crippen molar-refractivity contribution in [1.82, 2.24) is 4.57 Å². The molecular formula is C13H12ClNO2. The van der Waals surface area contributed by atoms with E-state index < -0.39 is 5.97 Å². The lowest BCUT2D eigenvalue weighted by Gasteiger charge is -2.10. The minimum atomic E-state index is -0.916. The lowest BCUT2D eigenvalue weighted by molar-refractivity contribution is 0.0696. The van der Waals surface area contributed by atoms with Crippen LogP contribution < -0.4 is 0 Å². The molecule has 1 N–H and O–H groups in total. The molecule has 2 rings (SSSR count). The Balaban J connectivity index is 2.61. The molecule has 0 aliphatic carbocycles. The van der Waals surface area contributed by atoms with E-state index in [1.807, 2.05) is 29.7 Å². The Bertz CT molecular complexity index is 587. The molecule has 4 heteroatoms. The summed E-state index contributed by atoms with van der Waals surface area (Å²) in [6.45, 7) is 3.75. The maximum absolute atomic E-state index is 11.0. The first-order valence-electron chi connectivity index (χ1n) is 5.18. The maximum atomic E-state index is 11.0. The highest BCUT2D eigenvalue weighted by molar-refractivity contribution is 6.30. The highest BCUT2D eigenvalue weighted by Crippen LogP contribution is 2.23. The van der Waals surface area contributed by atoms with Crippen molar-refractivity contribution in [1.29, 1.82) is 0 Å². The SMILES string of the molecule is Cc1ccc(Cl)cc1-n1ccc(C(=O)O)c1C. The van der Waals surface area contributed by atoms with E-state index in [0.717, 1.165) is 11.3 Å².